The first-order valence-electron chi connectivity index (χ1n) is 5.52. The van der Waals surface area contributed by atoms with Crippen molar-refractivity contribution in [3.8, 4) is 0 Å². The number of ether oxygens (including phenoxy) is 1. The Hall–Kier alpha value is -0.610. The van der Waals surface area contributed by atoms with E-state index in [1.54, 1.807) is 7.11 Å². The van der Waals surface area contributed by atoms with Crippen molar-refractivity contribution in [3.05, 3.63) is 0 Å². The zero-order chi connectivity index (χ0) is 11.8. The van der Waals surface area contributed by atoms with E-state index in [4.69, 9.17) is 4.74 Å². The molecule has 0 saturated carbocycles. The Morgan fingerprint density at radius 3 is 2.33 bits per heavy atom. The summed E-state index contributed by atoms with van der Waals surface area (Å²) >= 11 is 0. The van der Waals surface area contributed by atoms with Gasteiger partial charge >= 0.3 is 0 Å². The zero-order valence-electron chi connectivity index (χ0n) is 10.5. The maximum absolute atomic E-state index is 11.6. The number of methoxy groups -OCH3 is 1. The predicted molar refractivity (Wildman–Crippen MR) is 61.8 cm³/mol. The molecule has 0 bridgehead atoms. The fourth-order valence-electron chi connectivity index (χ4n) is 1.29. The van der Waals surface area contributed by atoms with E-state index in [0.29, 0.717) is 6.61 Å². The average Bonchev–Trinajstić information content (AvgIpc) is 2.13. The summed E-state index contributed by atoms with van der Waals surface area (Å²) in [6.07, 6.45) is 0.912. The van der Waals surface area contributed by atoms with Gasteiger partial charge in [-0.15, -0.1) is 0 Å². The summed E-state index contributed by atoms with van der Waals surface area (Å²) in [5.41, 5.74) is 0. The summed E-state index contributed by atoms with van der Waals surface area (Å²) in [5.74, 6) is 0.0502. The van der Waals surface area contributed by atoms with Gasteiger partial charge < -0.3 is 15.4 Å². The van der Waals surface area contributed by atoms with Crippen molar-refractivity contribution in [3.63, 3.8) is 0 Å². The predicted octanol–water partition coefficient (Wildman–Crippen LogP) is 0.914. The van der Waals surface area contributed by atoms with Gasteiger partial charge in [-0.25, -0.2) is 0 Å². The highest BCUT2D eigenvalue weighted by Gasteiger charge is 2.15. The first-order chi connectivity index (χ1) is 6.97. The molecule has 4 nitrogen and oxygen atoms in total. The Kier molecular flexibility index (Phi) is 7.34. The van der Waals surface area contributed by atoms with Crippen LogP contribution in [0, 0.1) is 0 Å². The molecule has 0 fully saturated rings. The number of nitrogens with one attached hydrogen (secondary N) is 2. The quantitative estimate of drug-likeness (QED) is 0.665. The molecule has 0 aromatic carbocycles. The van der Waals surface area contributed by atoms with Gasteiger partial charge in [0.2, 0.25) is 5.91 Å². The topological polar surface area (TPSA) is 50.4 Å². The van der Waals surface area contributed by atoms with Crippen molar-refractivity contribution < 1.29 is 9.53 Å². The van der Waals surface area contributed by atoms with E-state index in [9.17, 15) is 4.79 Å². The van der Waals surface area contributed by atoms with Gasteiger partial charge in [0.1, 0.15) is 0 Å². The van der Waals surface area contributed by atoms with Crippen LogP contribution in [0.5, 0.6) is 0 Å². The molecule has 0 radical (unpaired) electrons. The second-order valence-corrected chi connectivity index (χ2v) is 4.23. The minimum Gasteiger partial charge on any atom is -0.385 e. The molecule has 0 heterocycles. The van der Waals surface area contributed by atoms with Gasteiger partial charge in [-0.2, -0.15) is 0 Å². The molecule has 0 aliphatic heterocycles. The number of hydrogen-bond acceptors (Lipinski definition) is 3. The molecule has 2 unspecified atom stereocenters. The van der Waals surface area contributed by atoms with Crippen LogP contribution in [0.2, 0.25) is 0 Å². The van der Waals surface area contributed by atoms with Crippen LogP contribution in [-0.4, -0.2) is 37.7 Å². The second-order valence-electron chi connectivity index (χ2n) is 4.23. The van der Waals surface area contributed by atoms with E-state index in [-0.39, 0.29) is 24.0 Å². The number of carbonyl (C=O) groups is 1. The summed E-state index contributed by atoms with van der Waals surface area (Å²) in [6, 6.07) is 0.327. The van der Waals surface area contributed by atoms with E-state index >= 15 is 0 Å². The molecule has 0 aromatic rings. The molecule has 0 aromatic heterocycles. The number of amides is 1. The van der Waals surface area contributed by atoms with Crippen LogP contribution >= 0.6 is 0 Å². The van der Waals surface area contributed by atoms with Gasteiger partial charge in [-0.05, 0) is 34.1 Å². The Labute approximate surface area is 92.8 Å². The molecule has 1 amide bonds. The van der Waals surface area contributed by atoms with Crippen LogP contribution in [0.3, 0.4) is 0 Å². The number of hydrogen-bond donors (Lipinski definition) is 2. The average molecular weight is 216 g/mol. The molecule has 0 aliphatic rings. The van der Waals surface area contributed by atoms with Crippen molar-refractivity contribution in [1.82, 2.24) is 10.6 Å². The lowest BCUT2D eigenvalue weighted by molar-refractivity contribution is -0.123. The van der Waals surface area contributed by atoms with Crippen molar-refractivity contribution in [1.29, 1.82) is 0 Å². The molecular weight excluding hydrogens is 192 g/mol. The fraction of sp³-hybridized carbons (Fsp3) is 0.909. The molecule has 90 valence electrons. The maximum Gasteiger partial charge on any atom is 0.237 e. The summed E-state index contributed by atoms with van der Waals surface area (Å²) in [6.45, 7) is 8.56. The monoisotopic (exact) mass is 216 g/mol. The molecule has 15 heavy (non-hydrogen) atoms. The lowest BCUT2D eigenvalue weighted by Gasteiger charge is -2.20. The van der Waals surface area contributed by atoms with Gasteiger partial charge in [-0.3, -0.25) is 4.79 Å². The highest BCUT2D eigenvalue weighted by molar-refractivity contribution is 5.81. The lowest BCUT2D eigenvalue weighted by atomic mass is 10.2. The highest BCUT2D eigenvalue weighted by atomic mass is 16.5. The van der Waals surface area contributed by atoms with Gasteiger partial charge in [0.05, 0.1) is 6.04 Å². The van der Waals surface area contributed by atoms with Crippen molar-refractivity contribution in [2.75, 3.05) is 13.7 Å². The number of carbonyl (C=O) groups excluding carboxylic acids is 1. The van der Waals surface area contributed by atoms with E-state index in [2.05, 4.69) is 17.6 Å². The largest absolute Gasteiger partial charge is 0.385 e. The first kappa shape index (κ1) is 14.4. The van der Waals surface area contributed by atoms with Gasteiger partial charge in [0.25, 0.3) is 0 Å². The lowest BCUT2D eigenvalue weighted by Crippen LogP contribution is -2.47. The third-order valence-electron chi connectivity index (χ3n) is 2.11. The van der Waals surface area contributed by atoms with E-state index in [0.717, 1.165) is 6.42 Å². The summed E-state index contributed by atoms with van der Waals surface area (Å²) in [7, 11) is 1.68. The van der Waals surface area contributed by atoms with E-state index < -0.39 is 0 Å². The van der Waals surface area contributed by atoms with Crippen LogP contribution in [0.15, 0.2) is 0 Å². The van der Waals surface area contributed by atoms with Crippen LogP contribution in [-0.2, 0) is 9.53 Å². The van der Waals surface area contributed by atoms with Crippen LogP contribution in [0.4, 0.5) is 0 Å². The SMILES string of the molecule is COCCC(C)NC(C)C(=O)NC(C)C. The Morgan fingerprint density at radius 2 is 1.87 bits per heavy atom. The zero-order valence-corrected chi connectivity index (χ0v) is 10.5. The fourth-order valence-corrected chi connectivity index (χ4v) is 1.29. The molecule has 4 heteroatoms. The minimum absolute atomic E-state index is 0.0502. The highest BCUT2D eigenvalue weighted by Crippen LogP contribution is 1.94. The Morgan fingerprint density at radius 1 is 1.27 bits per heavy atom. The summed E-state index contributed by atoms with van der Waals surface area (Å²) < 4.78 is 4.98. The van der Waals surface area contributed by atoms with Crippen LogP contribution in [0.1, 0.15) is 34.1 Å². The molecule has 2 atom stereocenters. The molecule has 0 saturated heterocycles. The van der Waals surface area contributed by atoms with Crippen LogP contribution < -0.4 is 10.6 Å². The molecule has 0 rings (SSSR count). The smallest absolute Gasteiger partial charge is 0.237 e. The van der Waals surface area contributed by atoms with Gasteiger partial charge in [0, 0.05) is 25.8 Å². The van der Waals surface area contributed by atoms with Crippen molar-refractivity contribution in [2.45, 2.75) is 52.2 Å². The molecule has 2 N–H and O–H groups in total. The third-order valence-corrected chi connectivity index (χ3v) is 2.11. The van der Waals surface area contributed by atoms with Crippen LogP contribution in [0.25, 0.3) is 0 Å². The van der Waals surface area contributed by atoms with E-state index in [1.165, 1.54) is 0 Å². The first-order valence-corrected chi connectivity index (χ1v) is 5.52. The normalized spacial score (nSPS) is 15.1. The summed E-state index contributed by atoms with van der Waals surface area (Å²) in [4.78, 5) is 11.6. The number of rotatable bonds is 7. The van der Waals surface area contributed by atoms with Gasteiger partial charge in [-0.1, -0.05) is 0 Å². The Balaban J connectivity index is 3.80. The van der Waals surface area contributed by atoms with E-state index in [1.807, 2.05) is 20.8 Å². The third kappa shape index (κ3) is 7.33. The molecule has 0 aliphatic carbocycles. The minimum atomic E-state index is -0.153. The Bertz CT molecular complexity index is 183. The van der Waals surface area contributed by atoms with Crippen molar-refractivity contribution >= 4 is 5.91 Å². The standard InChI is InChI=1S/C11H24N2O2/c1-8(2)12-11(14)10(4)13-9(3)6-7-15-5/h8-10,13H,6-7H2,1-5H3,(H,12,14). The van der Waals surface area contributed by atoms with Gasteiger partial charge in [0.15, 0.2) is 0 Å². The maximum atomic E-state index is 11.6. The molecule has 0 spiro atoms. The summed E-state index contributed by atoms with van der Waals surface area (Å²) in [5, 5.41) is 6.10. The molecular formula is C11H24N2O2. The van der Waals surface area contributed by atoms with Crippen molar-refractivity contribution in [2.24, 2.45) is 0 Å². The second kappa shape index (κ2) is 7.65.